The lowest BCUT2D eigenvalue weighted by atomic mass is 10.0. The average Bonchev–Trinajstić information content (AvgIpc) is 2.93. The molecule has 1 aliphatic carbocycles. The maximum absolute atomic E-state index is 4.88. The van der Waals surface area contributed by atoms with Crippen molar-refractivity contribution in [1.82, 2.24) is 15.5 Å². The summed E-state index contributed by atoms with van der Waals surface area (Å²) in [6.45, 7) is 13.5. The minimum Gasteiger partial charge on any atom is -0.357 e. The van der Waals surface area contributed by atoms with E-state index in [1.54, 1.807) is 0 Å². The van der Waals surface area contributed by atoms with Crippen molar-refractivity contribution in [3.63, 3.8) is 0 Å². The third-order valence-electron chi connectivity index (χ3n) is 4.64. The van der Waals surface area contributed by atoms with Crippen LogP contribution < -0.4 is 10.6 Å². The molecule has 1 heterocycles. The number of guanidine groups is 1. The van der Waals surface area contributed by atoms with Crippen molar-refractivity contribution in [3.05, 3.63) is 0 Å². The molecule has 3 atom stereocenters. The summed E-state index contributed by atoms with van der Waals surface area (Å²) in [5.41, 5.74) is 0. The molecule has 0 bridgehead atoms. The van der Waals surface area contributed by atoms with Crippen LogP contribution in [0.15, 0.2) is 4.99 Å². The number of rotatable bonds is 7. The van der Waals surface area contributed by atoms with E-state index in [1.807, 2.05) is 0 Å². The van der Waals surface area contributed by atoms with E-state index in [-0.39, 0.29) is 0 Å². The van der Waals surface area contributed by atoms with Gasteiger partial charge in [-0.2, -0.15) is 0 Å². The van der Waals surface area contributed by atoms with Crippen molar-refractivity contribution in [3.8, 4) is 0 Å². The van der Waals surface area contributed by atoms with E-state index in [1.165, 1.54) is 38.8 Å². The molecule has 0 aromatic rings. The van der Waals surface area contributed by atoms with Gasteiger partial charge in [-0.05, 0) is 57.5 Å². The molecule has 4 heteroatoms. The standard InChI is InChI=1S/C17H34N4/c1-5-18-17(20-16-11-14(16)4)19-12-15(10-13(2)3)21-8-6-7-9-21/h13-16H,5-12H2,1-4H3,(H2,18,19,20). The summed E-state index contributed by atoms with van der Waals surface area (Å²) >= 11 is 0. The van der Waals surface area contributed by atoms with Gasteiger partial charge in [-0.25, -0.2) is 0 Å². The van der Waals surface area contributed by atoms with E-state index >= 15 is 0 Å². The van der Waals surface area contributed by atoms with Gasteiger partial charge < -0.3 is 10.6 Å². The Balaban J connectivity index is 1.90. The van der Waals surface area contributed by atoms with E-state index in [4.69, 9.17) is 4.99 Å². The first-order chi connectivity index (χ1) is 10.1. The minimum atomic E-state index is 0.611. The smallest absolute Gasteiger partial charge is 0.191 e. The fraction of sp³-hybridized carbons (Fsp3) is 0.941. The van der Waals surface area contributed by atoms with Gasteiger partial charge in [-0.1, -0.05) is 20.8 Å². The normalized spacial score (nSPS) is 28.0. The van der Waals surface area contributed by atoms with Crippen molar-refractivity contribution in [2.24, 2.45) is 16.8 Å². The molecule has 2 rings (SSSR count). The highest BCUT2D eigenvalue weighted by Crippen LogP contribution is 2.28. The predicted molar refractivity (Wildman–Crippen MR) is 90.7 cm³/mol. The lowest BCUT2D eigenvalue weighted by molar-refractivity contribution is 0.218. The molecular weight excluding hydrogens is 260 g/mol. The van der Waals surface area contributed by atoms with Gasteiger partial charge in [-0.3, -0.25) is 9.89 Å². The second kappa shape index (κ2) is 8.02. The second-order valence-corrected chi connectivity index (χ2v) is 7.21. The Bertz CT molecular complexity index is 334. The molecule has 0 aromatic carbocycles. The first-order valence-electron chi connectivity index (χ1n) is 8.89. The van der Waals surface area contributed by atoms with Gasteiger partial charge in [0.25, 0.3) is 0 Å². The largest absolute Gasteiger partial charge is 0.357 e. The third-order valence-corrected chi connectivity index (χ3v) is 4.64. The first-order valence-corrected chi connectivity index (χ1v) is 8.89. The molecule has 2 aliphatic rings. The lowest BCUT2D eigenvalue weighted by Gasteiger charge is -2.28. The van der Waals surface area contributed by atoms with Crippen LogP contribution in [-0.4, -0.2) is 49.1 Å². The summed E-state index contributed by atoms with van der Waals surface area (Å²) in [5.74, 6) is 2.56. The Kier molecular flexibility index (Phi) is 6.34. The van der Waals surface area contributed by atoms with Crippen LogP contribution in [0.4, 0.5) is 0 Å². The SMILES string of the molecule is CCNC(=NCC(CC(C)C)N1CCCC1)NC1CC1C. The molecule has 0 aromatic heterocycles. The monoisotopic (exact) mass is 294 g/mol. The maximum Gasteiger partial charge on any atom is 0.191 e. The van der Waals surface area contributed by atoms with Gasteiger partial charge in [-0.15, -0.1) is 0 Å². The van der Waals surface area contributed by atoms with Crippen LogP contribution >= 0.6 is 0 Å². The van der Waals surface area contributed by atoms with Gasteiger partial charge >= 0.3 is 0 Å². The number of hydrogen-bond acceptors (Lipinski definition) is 2. The molecule has 1 aliphatic heterocycles. The van der Waals surface area contributed by atoms with Crippen LogP contribution in [-0.2, 0) is 0 Å². The van der Waals surface area contributed by atoms with E-state index in [0.717, 1.165) is 30.9 Å². The van der Waals surface area contributed by atoms with Crippen LogP contribution in [0.25, 0.3) is 0 Å². The maximum atomic E-state index is 4.88. The van der Waals surface area contributed by atoms with Gasteiger partial charge in [0.15, 0.2) is 5.96 Å². The van der Waals surface area contributed by atoms with Crippen LogP contribution in [0, 0.1) is 11.8 Å². The van der Waals surface area contributed by atoms with Crippen LogP contribution in [0.3, 0.4) is 0 Å². The van der Waals surface area contributed by atoms with Crippen molar-refractivity contribution in [2.75, 3.05) is 26.2 Å². The summed E-state index contributed by atoms with van der Waals surface area (Å²) in [7, 11) is 0. The minimum absolute atomic E-state index is 0.611. The summed E-state index contributed by atoms with van der Waals surface area (Å²) in [6, 6.07) is 1.25. The summed E-state index contributed by atoms with van der Waals surface area (Å²) in [6.07, 6.45) is 5.25. The molecule has 4 nitrogen and oxygen atoms in total. The Morgan fingerprint density at radius 2 is 1.95 bits per heavy atom. The molecule has 3 unspecified atom stereocenters. The zero-order valence-corrected chi connectivity index (χ0v) is 14.4. The van der Waals surface area contributed by atoms with E-state index in [0.29, 0.717) is 12.1 Å². The van der Waals surface area contributed by atoms with Gasteiger partial charge in [0.2, 0.25) is 0 Å². The van der Waals surface area contributed by atoms with Crippen molar-refractivity contribution in [1.29, 1.82) is 0 Å². The Labute approximate surface area is 130 Å². The molecule has 0 amide bonds. The summed E-state index contributed by atoms with van der Waals surface area (Å²) in [4.78, 5) is 7.52. The molecule has 0 radical (unpaired) electrons. The first kappa shape index (κ1) is 16.6. The summed E-state index contributed by atoms with van der Waals surface area (Å²) < 4.78 is 0. The topological polar surface area (TPSA) is 39.7 Å². The van der Waals surface area contributed by atoms with Gasteiger partial charge in [0.05, 0.1) is 6.54 Å². The fourth-order valence-electron chi connectivity index (χ4n) is 3.21. The van der Waals surface area contributed by atoms with Crippen molar-refractivity contribution < 1.29 is 0 Å². The Morgan fingerprint density at radius 3 is 2.48 bits per heavy atom. The molecular formula is C17H34N4. The fourth-order valence-corrected chi connectivity index (χ4v) is 3.21. The molecule has 2 N–H and O–H groups in total. The lowest BCUT2D eigenvalue weighted by Crippen LogP contribution is -2.41. The van der Waals surface area contributed by atoms with Crippen molar-refractivity contribution in [2.45, 2.75) is 65.5 Å². The predicted octanol–water partition coefficient (Wildman–Crippen LogP) is 2.46. The average molecular weight is 294 g/mol. The molecule has 0 spiro atoms. The van der Waals surface area contributed by atoms with Crippen molar-refractivity contribution >= 4 is 5.96 Å². The highest BCUT2D eigenvalue weighted by molar-refractivity contribution is 5.80. The molecule has 21 heavy (non-hydrogen) atoms. The van der Waals surface area contributed by atoms with E-state index < -0.39 is 0 Å². The Morgan fingerprint density at radius 1 is 1.29 bits per heavy atom. The van der Waals surface area contributed by atoms with Crippen LogP contribution in [0.5, 0.6) is 0 Å². The molecule has 122 valence electrons. The second-order valence-electron chi connectivity index (χ2n) is 7.21. The zero-order chi connectivity index (χ0) is 15.2. The molecule has 1 saturated carbocycles. The highest BCUT2D eigenvalue weighted by atomic mass is 15.2. The van der Waals surface area contributed by atoms with E-state index in [9.17, 15) is 0 Å². The van der Waals surface area contributed by atoms with Gasteiger partial charge in [0, 0.05) is 18.6 Å². The van der Waals surface area contributed by atoms with E-state index in [2.05, 4.69) is 43.2 Å². The van der Waals surface area contributed by atoms with Crippen LogP contribution in [0.2, 0.25) is 0 Å². The quantitative estimate of drug-likeness (QED) is 0.560. The number of likely N-dealkylation sites (tertiary alicyclic amines) is 1. The number of aliphatic imine (C=N–C) groups is 1. The van der Waals surface area contributed by atoms with Crippen LogP contribution in [0.1, 0.15) is 53.4 Å². The highest BCUT2D eigenvalue weighted by Gasteiger charge is 2.33. The Hall–Kier alpha value is -0.770. The number of hydrogen-bond donors (Lipinski definition) is 2. The zero-order valence-electron chi connectivity index (χ0n) is 14.4. The van der Waals surface area contributed by atoms with Gasteiger partial charge in [0.1, 0.15) is 0 Å². The molecule has 1 saturated heterocycles. The third kappa shape index (κ3) is 5.50. The molecule has 2 fully saturated rings. The summed E-state index contributed by atoms with van der Waals surface area (Å²) in [5, 5.41) is 6.96. The number of nitrogens with one attached hydrogen (secondary N) is 2. The number of nitrogens with zero attached hydrogens (tertiary/aromatic N) is 2.